The maximum atomic E-state index is 13.0. The van der Waals surface area contributed by atoms with Gasteiger partial charge in [0.15, 0.2) is 5.52 Å². The first-order chi connectivity index (χ1) is 12.7. The largest absolute Gasteiger partial charge is 0.417 e. The number of aliphatic hydroxyl groups is 1. The number of hydrogen-bond donors (Lipinski definition) is 1. The fourth-order valence-corrected chi connectivity index (χ4v) is 2.87. The van der Waals surface area contributed by atoms with Crippen molar-refractivity contribution < 1.29 is 18.3 Å². The van der Waals surface area contributed by atoms with Crippen molar-refractivity contribution >= 4 is 11.0 Å². The van der Waals surface area contributed by atoms with Gasteiger partial charge in [-0.05, 0) is 24.6 Å². The molecule has 0 saturated carbocycles. The molecule has 3 rings (SSSR count). The molecule has 0 amide bonds. The van der Waals surface area contributed by atoms with Crippen molar-refractivity contribution in [1.29, 1.82) is 5.26 Å². The van der Waals surface area contributed by atoms with Crippen LogP contribution in [0.5, 0.6) is 0 Å². The van der Waals surface area contributed by atoms with Gasteiger partial charge < -0.3 is 5.11 Å². The van der Waals surface area contributed by atoms with Crippen LogP contribution in [0.2, 0.25) is 0 Å². The van der Waals surface area contributed by atoms with E-state index in [0.717, 1.165) is 18.2 Å². The van der Waals surface area contributed by atoms with Crippen molar-refractivity contribution in [2.75, 3.05) is 0 Å². The van der Waals surface area contributed by atoms with Crippen LogP contribution in [0.15, 0.2) is 29.3 Å². The maximum Gasteiger partial charge on any atom is 0.417 e. The molecule has 0 aliphatic heterocycles. The first-order valence-corrected chi connectivity index (χ1v) is 7.90. The summed E-state index contributed by atoms with van der Waals surface area (Å²) >= 11 is 0. The minimum Gasteiger partial charge on any atom is -0.382 e. The molecule has 0 aliphatic carbocycles. The van der Waals surface area contributed by atoms with Crippen LogP contribution < -0.4 is 5.56 Å². The molecule has 1 atom stereocenters. The topological polar surface area (TPSA) is 96.7 Å². The number of aliphatic hydroxyl groups excluding tert-OH is 1. The van der Waals surface area contributed by atoms with Crippen molar-refractivity contribution in [2.24, 2.45) is 7.05 Å². The third kappa shape index (κ3) is 3.06. The average Bonchev–Trinajstić information content (AvgIpc) is 2.97. The van der Waals surface area contributed by atoms with Gasteiger partial charge in [0, 0.05) is 13.6 Å². The number of hydrogen-bond acceptors (Lipinski definition) is 5. The molecule has 0 bridgehead atoms. The van der Waals surface area contributed by atoms with Crippen molar-refractivity contribution in [3.05, 3.63) is 57.3 Å². The second kappa shape index (κ2) is 6.51. The van der Waals surface area contributed by atoms with E-state index in [4.69, 9.17) is 5.26 Å². The fraction of sp³-hybridized carbons (Fsp3) is 0.294. The molecule has 1 aromatic carbocycles. The molecule has 0 spiro atoms. The molecule has 0 aliphatic rings. The molecule has 2 aromatic heterocycles. The molecule has 0 fully saturated rings. The SMILES string of the molecule is CCn1cnc2c(C(O)c3ccc(C(F)(F)F)c(C#N)c3)n(C)nc2c1=O. The number of rotatable bonds is 3. The Hall–Kier alpha value is -3.19. The Kier molecular flexibility index (Phi) is 4.49. The van der Waals surface area contributed by atoms with E-state index in [-0.39, 0.29) is 27.9 Å². The summed E-state index contributed by atoms with van der Waals surface area (Å²) in [6.45, 7) is 2.15. The third-order valence-electron chi connectivity index (χ3n) is 4.24. The van der Waals surface area contributed by atoms with E-state index in [0.29, 0.717) is 6.54 Å². The Bertz CT molecular complexity index is 1120. The van der Waals surface area contributed by atoms with Crippen LogP contribution in [0.25, 0.3) is 11.0 Å². The van der Waals surface area contributed by atoms with E-state index in [1.54, 1.807) is 6.92 Å². The molecule has 7 nitrogen and oxygen atoms in total. The molecular weight excluding hydrogens is 363 g/mol. The highest BCUT2D eigenvalue weighted by atomic mass is 19.4. The molecule has 1 N–H and O–H groups in total. The summed E-state index contributed by atoms with van der Waals surface area (Å²) < 4.78 is 41.5. The van der Waals surface area contributed by atoms with Gasteiger partial charge in [0.1, 0.15) is 11.6 Å². The lowest BCUT2D eigenvalue weighted by molar-refractivity contribution is -0.137. The van der Waals surface area contributed by atoms with Crippen LogP contribution in [0.1, 0.15) is 35.4 Å². The number of aryl methyl sites for hydroxylation is 2. The summed E-state index contributed by atoms with van der Waals surface area (Å²) in [6.07, 6.45) is -4.78. The predicted octanol–water partition coefficient (Wildman–Crippen LogP) is 2.12. The van der Waals surface area contributed by atoms with E-state index in [1.165, 1.54) is 28.7 Å². The van der Waals surface area contributed by atoms with Crippen LogP contribution >= 0.6 is 0 Å². The Balaban J connectivity index is 2.16. The van der Waals surface area contributed by atoms with Gasteiger partial charge in [-0.3, -0.25) is 14.0 Å². The third-order valence-corrected chi connectivity index (χ3v) is 4.24. The van der Waals surface area contributed by atoms with Crippen molar-refractivity contribution in [3.8, 4) is 6.07 Å². The second-order valence-corrected chi connectivity index (χ2v) is 5.86. The van der Waals surface area contributed by atoms with Crippen molar-refractivity contribution in [1.82, 2.24) is 19.3 Å². The van der Waals surface area contributed by atoms with Gasteiger partial charge in [0.2, 0.25) is 0 Å². The average molecular weight is 377 g/mol. The lowest BCUT2D eigenvalue weighted by atomic mass is 9.99. The van der Waals surface area contributed by atoms with Gasteiger partial charge in [-0.15, -0.1) is 0 Å². The quantitative estimate of drug-likeness (QED) is 0.754. The van der Waals surface area contributed by atoms with Gasteiger partial charge >= 0.3 is 6.18 Å². The lowest BCUT2D eigenvalue weighted by Crippen LogP contribution is -2.19. The zero-order chi connectivity index (χ0) is 19.9. The molecule has 2 heterocycles. The van der Waals surface area contributed by atoms with Crippen LogP contribution in [-0.4, -0.2) is 24.4 Å². The monoisotopic (exact) mass is 377 g/mol. The molecular formula is C17H14F3N5O2. The van der Waals surface area contributed by atoms with E-state index in [1.807, 2.05) is 0 Å². The summed E-state index contributed by atoms with van der Waals surface area (Å²) in [4.78, 5) is 16.5. The van der Waals surface area contributed by atoms with Gasteiger partial charge in [0.05, 0.1) is 29.2 Å². The zero-order valence-electron chi connectivity index (χ0n) is 14.3. The molecule has 140 valence electrons. The van der Waals surface area contributed by atoms with Crippen LogP contribution in [-0.2, 0) is 19.8 Å². The number of benzene rings is 1. The van der Waals surface area contributed by atoms with Gasteiger partial charge in [-0.25, -0.2) is 4.98 Å². The first kappa shape index (κ1) is 18.6. The molecule has 0 radical (unpaired) electrons. The molecule has 27 heavy (non-hydrogen) atoms. The summed E-state index contributed by atoms with van der Waals surface area (Å²) in [6, 6.07) is 4.29. The van der Waals surface area contributed by atoms with Crippen LogP contribution in [0, 0.1) is 11.3 Å². The summed E-state index contributed by atoms with van der Waals surface area (Å²) in [5, 5.41) is 23.8. The molecule has 0 saturated heterocycles. The predicted molar refractivity (Wildman–Crippen MR) is 88.7 cm³/mol. The Morgan fingerprint density at radius 2 is 2.04 bits per heavy atom. The van der Waals surface area contributed by atoms with Crippen molar-refractivity contribution in [2.45, 2.75) is 25.7 Å². The fourth-order valence-electron chi connectivity index (χ4n) is 2.87. The summed E-state index contributed by atoms with van der Waals surface area (Å²) in [5.41, 5.74) is -1.67. The standard InChI is InChI=1S/C17H14F3N5O2/c1-3-25-8-22-12-13(16(25)27)23-24(2)14(12)15(26)9-4-5-11(17(18,19)20)10(6-9)7-21/h4-6,8,15,26H,3H2,1-2H3. The van der Waals surface area contributed by atoms with Crippen LogP contribution in [0.3, 0.4) is 0 Å². The minimum absolute atomic E-state index is 0.0447. The highest BCUT2D eigenvalue weighted by molar-refractivity contribution is 5.76. The Morgan fingerprint density at radius 1 is 1.33 bits per heavy atom. The number of nitrogens with zero attached hydrogens (tertiary/aromatic N) is 5. The number of nitriles is 1. The van der Waals surface area contributed by atoms with E-state index >= 15 is 0 Å². The second-order valence-electron chi connectivity index (χ2n) is 5.86. The smallest absolute Gasteiger partial charge is 0.382 e. The molecule has 10 heteroatoms. The molecule has 3 aromatic rings. The van der Waals surface area contributed by atoms with Gasteiger partial charge in [-0.1, -0.05) is 6.07 Å². The minimum atomic E-state index is -4.68. The zero-order valence-corrected chi connectivity index (χ0v) is 14.3. The van der Waals surface area contributed by atoms with Crippen LogP contribution in [0.4, 0.5) is 13.2 Å². The van der Waals surface area contributed by atoms with E-state index in [9.17, 15) is 23.1 Å². The van der Waals surface area contributed by atoms with Gasteiger partial charge in [0.25, 0.3) is 5.56 Å². The summed E-state index contributed by atoms with van der Waals surface area (Å²) in [5.74, 6) is 0. The summed E-state index contributed by atoms with van der Waals surface area (Å²) in [7, 11) is 1.49. The Morgan fingerprint density at radius 3 is 2.63 bits per heavy atom. The van der Waals surface area contributed by atoms with E-state index in [2.05, 4.69) is 10.1 Å². The van der Waals surface area contributed by atoms with E-state index < -0.39 is 23.4 Å². The molecule has 1 unspecified atom stereocenters. The highest BCUT2D eigenvalue weighted by Crippen LogP contribution is 2.34. The normalized spacial score (nSPS) is 12.9. The Labute approximate surface area is 150 Å². The number of fused-ring (bicyclic) bond motifs is 1. The number of alkyl halides is 3. The number of halogens is 3. The lowest BCUT2D eigenvalue weighted by Gasteiger charge is -2.15. The van der Waals surface area contributed by atoms with Gasteiger partial charge in [-0.2, -0.15) is 23.5 Å². The number of aromatic nitrogens is 4. The first-order valence-electron chi connectivity index (χ1n) is 7.90. The van der Waals surface area contributed by atoms with Crippen molar-refractivity contribution in [3.63, 3.8) is 0 Å². The maximum absolute atomic E-state index is 13.0. The highest BCUT2D eigenvalue weighted by Gasteiger charge is 2.34.